The van der Waals surface area contributed by atoms with E-state index in [9.17, 15) is 4.79 Å². The maximum absolute atomic E-state index is 11.8. The van der Waals surface area contributed by atoms with Crippen molar-refractivity contribution in [1.29, 1.82) is 5.26 Å². The minimum Gasteiger partial charge on any atom is -0.374 e. The molecule has 0 unspecified atom stereocenters. The first-order valence-corrected chi connectivity index (χ1v) is 7.27. The molecule has 0 atom stereocenters. The van der Waals surface area contributed by atoms with Crippen LogP contribution in [0.15, 0.2) is 59.7 Å². The average molecular weight is 306 g/mol. The fourth-order valence-electron chi connectivity index (χ4n) is 1.98. The van der Waals surface area contributed by atoms with E-state index in [1.165, 1.54) is 0 Å². The third-order valence-electron chi connectivity index (χ3n) is 3.31. The van der Waals surface area contributed by atoms with Gasteiger partial charge in [0.05, 0.1) is 18.7 Å². The highest BCUT2D eigenvalue weighted by Crippen LogP contribution is 2.13. The fourth-order valence-corrected chi connectivity index (χ4v) is 1.98. The van der Waals surface area contributed by atoms with Crippen LogP contribution < -0.4 is 10.3 Å². The summed E-state index contributed by atoms with van der Waals surface area (Å²) < 4.78 is 0. The summed E-state index contributed by atoms with van der Waals surface area (Å²) in [6.07, 6.45) is 2.09. The van der Waals surface area contributed by atoms with Gasteiger partial charge in [-0.2, -0.15) is 10.4 Å². The molecule has 0 saturated carbocycles. The van der Waals surface area contributed by atoms with E-state index in [4.69, 9.17) is 5.26 Å². The van der Waals surface area contributed by atoms with Crippen LogP contribution in [-0.4, -0.2) is 25.7 Å². The Morgan fingerprint density at radius 1 is 1.22 bits per heavy atom. The van der Waals surface area contributed by atoms with Crippen LogP contribution in [0.3, 0.4) is 0 Å². The van der Waals surface area contributed by atoms with Gasteiger partial charge >= 0.3 is 0 Å². The lowest BCUT2D eigenvalue weighted by Crippen LogP contribution is -2.18. The number of hydrogen-bond donors (Lipinski definition) is 1. The van der Waals surface area contributed by atoms with Crippen LogP contribution >= 0.6 is 0 Å². The number of carbonyl (C=O) groups is 1. The van der Waals surface area contributed by atoms with Crippen LogP contribution in [0.4, 0.5) is 5.69 Å². The Morgan fingerprint density at radius 3 is 2.57 bits per heavy atom. The Hall–Kier alpha value is -3.13. The number of benzene rings is 2. The van der Waals surface area contributed by atoms with Crippen molar-refractivity contribution in [3.63, 3.8) is 0 Å². The molecule has 1 amide bonds. The topological polar surface area (TPSA) is 68.5 Å². The molecule has 0 aliphatic rings. The first-order chi connectivity index (χ1) is 11.2. The van der Waals surface area contributed by atoms with Gasteiger partial charge in [-0.15, -0.1) is 0 Å². The highest BCUT2D eigenvalue weighted by molar-refractivity contribution is 5.94. The SMILES string of the molecule is CN(CCC#N)c1ccc(C=NNC(=O)c2ccccc2)cc1. The van der Waals surface area contributed by atoms with Crippen LogP contribution in [0.2, 0.25) is 0 Å². The van der Waals surface area contributed by atoms with E-state index >= 15 is 0 Å². The summed E-state index contributed by atoms with van der Waals surface area (Å²) in [6.45, 7) is 0.692. The standard InChI is InChI=1S/C18H18N4O/c1-22(13-5-12-19)17-10-8-15(9-11-17)14-20-21-18(23)16-6-3-2-4-7-16/h2-4,6-11,14H,5,13H2,1H3,(H,21,23). The molecule has 0 fully saturated rings. The number of carbonyl (C=O) groups excluding carboxylic acids is 1. The van der Waals surface area contributed by atoms with Gasteiger partial charge in [-0.1, -0.05) is 30.3 Å². The van der Waals surface area contributed by atoms with E-state index in [1.807, 2.05) is 42.3 Å². The maximum Gasteiger partial charge on any atom is 0.271 e. The Labute approximate surface area is 135 Å². The number of nitrogens with one attached hydrogen (secondary N) is 1. The second kappa shape index (κ2) is 8.35. The van der Waals surface area contributed by atoms with E-state index < -0.39 is 0 Å². The molecule has 5 nitrogen and oxygen atoms in total. The van der Waals surface area contributed by atoms with Crippen molar-refractivity contribution in [3.8, 4) is 6.07 Å². The summed E-state index contributed by atoms with van der Waals surface area (Å²) in [7, 11) is 1.94. The second-order valence-electron chi connectivity index (χ2n) is 4.99. The number of amides is 1. The molecule has 2 aromatic carbocycles. The van der Waals surface area contributed by atoms with Gasteiger partial charge in [0.1, 0.15) is 0 Å². The molecule has 0 aliphatic carbocycles. The Morgan fingerprint density at radius 2 is 1.91 bits per heavy atom. The van der Waals surface area contributed by atoms with E-state index in [-0.39, 0.29) is 5.91 Å². The lowest BCUT2D eigenvalue weighted by molar-refractivity contribution is 0.0955. The van der Waals surface area contributed by atoms with E-state index in [2.05, 4.69) is 16.6 Å². The summed E-state index contributed by atoms with van der Waals surface area (Å²) in [5.41, 5.74) is 4.98. The van der Waals surface area contributed by atoms with Crippen molar-refractivity contribution in [2.45, 2.75) is 6.42 Å². The van der Waals surface area contributed by atoms with Crippen molar-refractivity contribution < 1.29 is 4.79 Å². The average Bonchev–Trinajstić information content (AvgIpc) is 2.61. The zero-order valence-electron chi connectivity index (χ0n) is 12.9. The van der Waals surface area contributed by atoms with Gasteiger partial charge < -0.3 is 4.90 Å². The van der Waals surface area contributed by atoms with Crippen LogP contribution in [-0.2, 0) is 0 Å². The first-order valence-electron chi connectivity index (χ1n) is 7.27. The Balaban J connectivity index is 1.91. The molecule has 0 saturated heterocycles. The van der Waals surface area contributed by atoms with Crippen molar-refractivity contribution in [3.05, 3.63) is 65.7 Å². The van der Waals surface area contributed by atoms with E-state index in [0.717, 1.165) is 11.3 Å². The Bertz CT molecular complexity index is 702. The normalized spacial score (nSPS) is 10.3. The predicted molar refractivity (Wildman–Crippen MR) is 91.4 cm³/mol. The van der Waals surface area contributed by atoms with Crippen molar-refractivity contribution in [2.24, 2.45) is 5.10 Å². The molecule has 2 rings (SSSR count). The number of nitrogens with zero attached hydrogens (tertiary/aromatic N) is 3. The van der Waals surface area contributed by atoms with Crippen molar-refractivity contribution in [1.82, 2.24) is 5.43 Å². The lowest BCUT2D eigenvalue weighted by atomic mass is 10.2. The zero-order chi connectivity index (χ0) is 16.5. The molecule has 2 aromatic rings. The van der Waals surface area contributed by atoms with Crippen LogP contribution in [0, 0.1) is 11.3 Å². The minimum atomic E-state index is -0.241. The van der Waals surface area contributed by atoms with Gasteiger partial charge in [0.25, 0.3) is 5.91 Å². The molecular formula is C18H18N4O. The number of rotatable bonds is 6. The number of hydrogen-bond acceptors (Lipinski definition) is 4. The summed E-state index contributed by atoms with van der Waals surface area (Å²) in [4.78, 5) is 13.8. The predicted octanol–water partition coefficient (Wildman–Crippen LogP) is 2.80. The molecule has 0 bridgehead atoms. The highest BCUT2D eigenvalue weighted by atomic mass is 16.2. The second-order valence-corrected chi connectivity index (χ2v) is 4.99. The molecule has 0 spiro atoms. The molecule has 0 radical (unpaired) electrons. The number of nitriles is 1. The maximum atomic E-state index is 11.8. The van der Waals surface area contributed by atoms with Gasteiger partial charge in [0.2, 0.25) is 0 Å². The van der Waals surface area contributed by atoms with Crippen molar-refractivity contribution >= 4 is 17.8 Å². The van der Waals surface area contributed by atoms with E-state index in [1.54, 1.807) is 30.5 Å². The lowest BCUT2D eigenvalue weighted by Gasteiger charge is -2.17. The monoisotopic (exact) mass is 306 g/mol. The summed E-state index contributed by atoms with van der Waals surface area (Å²) in [5.74, 6) is -0.241. The fraction of sp³-hybridized carbons (Fsp3) is 0.167. The zero-order valence-corrected chi connectivity index (χ0v) is 12.9. The molecule has 23 heavy (non-hydrogen) atoms. The smallest absolute Gasteiger partial charge is 0.271 e. The Kier molecular flexibility index (Phi) is 5.89. The summed E-state index contributed by atoms with van der Waals surface area (Å²) in [5, 5.41) is 12.6. The molecule has 1 N–H and O–H groups in total. The van der Waals surface area contributed by atoms with Crippen LogP contribution in [0.5, 0.6) is 0 Å². The molecule has 5 heteroatoms. The molecule has 0 aromatic heterocycles. The molecule has 116 valence electrons. The number of hydrazone groups is 1. The molecule has 0 aliphatic heterocycles. The largest absolute Gasteiger partial charge is 0.374 e. The summed E-state index contributed by atoms with van der Waals surface area (Å²) in [6, 6.07) is 18.8. The van der Waals surface area contributed by atoms with Gasteiger partial charge in [0.15, 0.2) is 0 Å². The number of anilines is 1. The third kappa shape index (κ3) is 4.97. The van der Waals surface area contributed by atoms with Gasteiger partial charge in [-0.25, -0.2) is 5.43 Å². The minimum absolute atomic E-state index is 0.241. The molecule has 0 heterocycles. The quantitative estimate of drug-likeness (QED) is 0.659. The van der Waals surface area contributed by atoms with Gasteiger partial charge in [0, 0.05) is 24.8 Å². The van der Waals surface area contributed by atoms with Crippen molar-refractivity contribution in [2.75, 3.05) is 18.5 Å². The highest BCUT2D eigenvalue weighted by Gasteiger charge is 2.02. The first kappa shape index (κ1) is 16.2. The van der Waals surface area contributed by atoms with Crippen LogP contribution in [0.25, 0.3) is 0 Å². The van der Waals surface area contributed by atoms with E-state index in [0.29, 0.717) is 18.5 Å². The summed E-state index contributed by atoms with van der Waals surface area (Å²) >= 11 is 0. The van der Waals surface area contributed by atoms with Gasteiger partial charge in [-0.05, 0) is 29.8 Å². The molecular weight excluding hydrogens is 288 g/mol. The van der Waals surface area contributed by atoms with Gasteiger partial charge in [-0.3, -0.25) is 4.79 Å². The van der Waals surface area contributed by atoms with Crippen LogP contribution in [0.1, 0.15) is 22.3 Å². The third-order valence-corrected chi connectivity index (χ3v) is 3.31.